The third-order valence-electron chi connectivity index (χ3n) is 2.35. The Kier molecular flexibility index (Phi) is 6.55. The maximum Gasteiger partial charge on any atom is 0.193 e. The van der Waals surface area contributed by atoms with E-state index >= 15 is 0 Å². The Morgan fingerprint density at radius 3 is 1.76 bits per heavy atom. The van der Waals surface area contributed by atoms with Crippen LogP contribution in [0.2, 0.25) is 0 Å². The van der Waals surface area contributed by atoms with Gasteiger partial charge in [0.1, 0.15) is 0 Å². The maximum atomic E-state index is 12.0. The second-order valence-corrected chi connectivity index (χ2v) is 3.56. The molecular weight excluding hydrogens is 255 g/mol. The van der Waals surface area contributed by atoms with Crippen LogP contribution >= 0.6 is 0 Å². The van der Waals surface area contributed by atoms with Gasteiger partial charge in [0.2, 0.25) is 0 Å². The van der Waals surface area contributed by atoms with E-state index in [1.165, 1.54) is 5.56 Å². The summed E-state index contributed by atoms with van der Waals surface area (Å²) in [7, 11) is 0. The number of rotatable bonds is 2. The normalized spacial score (nSPS) is 8.76. The van der Waals surface area contributed by atoms with E-state index in [0.717, 1.165) is 11.1 Å². The second-order valence-electron chi connectivity index (χ2n) is 3.56. The van der Waals surface area contributed by atoms with Crippen molar-refractivity contribution < 1.29 is 29.6 Å². The van der Waals surface area contributed by atoms with Gasteiger partial charge in [0.05, 0.1) is 0 Å². The highest BCUT2D eigenvalue weighted by atomic mass is 35.5. The minimum Gasteiger partial charge on any atom is -1.00 e. The van der Waals surface area contributed by atoms with E-state index in [4.69, 9.17) is 0 Å². The molecule has 0 fully saturated rings. The molecule has 0 bridgehead atoms. The van der Waals surface area contributed by atoms with Gasteiger partial charge in [-0.25, -0.2) is 0 Å². The third kappa shape index (κ3) is 3.88. The minimum atomic E-state index is 0. The molecule has 90 valence electrons. The average Bonchev–Trinajstić information content (AvgIpc) is 2.30. The molecule has 0 saturated heterocycles. The first-order chi connectivity index (χ1) is 7.27. The summed E-state index contributed by atoms with van der Waals surface area (Å²) in [6, 6.07) is 17.0. The van der Waals surface area contributed by atoms with Crippen LogP contribution in [0.1, 0.15) is 21.5 Å². The standard InChI is InChI=1S/C14H12O.2ClH/c1-11-7-9-13(10-8-11)14(15)12-5-3-2-4-6-12;;/h2-10H,1H3;2*1H/p-2. The summed E-state index contributed by atoms with van der Waals surface area (Å²) in [5.74, 6) is 0.0793. The van der Waals surface area contributed by atoms with Crippen molar-refractivity contribution in [1.29, 1.82) is 0 Å². The monoisotopic (exact) mass is 266 g/mol. The molecule has 2 aromatic carbocycles. The van der Waals surface area contributed by atoms with Gasteiger partial charge in [0.15, 0.2) is 5.78 Å². The van der Waals surface area contributed by atoms with Crippen molar-refractivity contribution in [2.24, 2.45) is 0 Å². The van der Waals surface area contributed by atoms with E-state index in [-0.39, 0.29) is 30.6 Å². The molecule has 2 rings (SSSR count). The number of hydrogen-bond donors (Lipinski definition) is 0. The lowest BCUT2D eigenvalue weighted by Gasteiger charge is -2.00. The molecule has 0 aliphatic heterocycles. The average molecular weight is 267 g/mol. The quantitative estimate of drug-likeness (QED) is 0.539. The molecule has 0 unspecified atom stereocenters. The lowest BCUT2D eigenvalue weighted by atomic mass is 10.0. The van der Waals surface area contributed by atoms with Crippen molar-refractivity contribution in [3.05, 3.63) is 71.3 Å². The minimum absolute atomic E-state index is 0. The number of aryl methyl sites for hydroxylation is 1. The fraction of sp³-hybridized carbons (Fsp3) is 0.0714. The Hall–Kier alpha value is -1.31. The van der Waals surface area contributed by atoms with E-state index in [2.05, 4.69) is 0 Å². The molecular formula is C14H12Cl2O-2. The highest BCUT2D eigenvalue weighted by Crippen LogP contribution is 2.10. The summed E-state index contributed by atoms with van der Waals surface area (Å²) < 4.78 is 0. The first-order valence-corrected chi connectivity index (χ1v) is 4.94. The van der Waals surface area contributed by atoms with Crippen LogP contribution in [-0.4, -0.2) is 5.78 Å². The zero-order chi connectivity index (χ0) is 10.7. The molecule has 0 aromatic heterocycles. The Morgan fingerprint density at radius 1 is 0.765 bits per heavy atom. The van der Waals surface area contributed by atoms with Crippen molar-refractivity contribution in [3.63, 3.8) is 0 Å². The lowest BCUT2D eigenvalue weighted by molar-refractivity contribution is -0.001000. The van der Waals surface area contributed by atoms with E-state index in [1.807, 2.05) is 61.5 Å². The molecule has 3 heteroatoms. The Morgan fingerprint density at radius 2 is 1.24 bits per heavy atom. The van der Waals surface area contributed by atoms with E-state index in [1.54, 1.807) is 0 Å². The van der Waals surface area contributed by atoms with Crippen molar-refractivity contribution in [3.8, 4) is 0 Å². The maximum absolute atomic E-state index is 12.0. The van der Waals surface area contributed by atoms with Gasteiger partial charge in [-0.1, -0.05) is 60.2 Å². The zero-order valence-electron chi connectivity index (χ0n) is 9.36. The van der Waals surface area contributed by atoms with Crippen molar-refractivity contribution >= 4 is 5.78 Å². The van der Waals surface area contributed by atoms with Gasteiger partial charge in [0.25, 0.3) is 0 Å². The summed E-state index contributed by atoms with van der Waals surface area (Å²) in [5, 5.41) is 0. The summed E-state index contributed by atoms with van der Waals surface area (Å²) in [4.78, 5) is 12.0. The molecule has 0 aliphatic rings. The summed E-state index contributed by atoms with van der Waals surface area (Å²) in [6.07, 6.45) is 0. The Bertz CT molecular complexity index is 463. The highest BCUT2D eigenvalue weighted by Gasteiger charge is 2.06. The SMILES string of the molecule is Cc1ccc(C(=O)c2ccccc2)cc1.[Cl-].[Cl-]. The number of carbonyl (C=O) groups is 1. The van der Waals surface area contributed by atoms with Crippen molar-refractivity contribution in [2.45, 2.75) is 6.92 Å². The number of benzene rings is 2. The number of halogens is 2. The Labute approximate surface area is 114 Å². The van der Waals surface area contributed by atoms with Crippen molar-refractivity contribution in [2.75, 3.05) is 0 Å². The molecule has 0 atom stereocenters. The topological polar surface area (TPSA) is 17.1 Å². The van der Waals surface area contributed by atoms with E-state index < -0.39 is 0 Å². The van der Waals surface area contributed by atoms with Crippen LogP contribution in [0.4, 0.5) is 0 Å². The largest absolute Gasteiger partial charge is 1.00 e. The highest BCUT2D eigenvalue weighted by molar-refractivity contribution is 6.08. The third-order valence-corrected chi connectivity index (χ3v) is 2.35. The van der Waals surface area contributed by atoms with Gasteiger partial charge >= 0.3 is 0 Å². The first kappa shape index (κ1) is 15.7. The molecule has 0 saturated carbocycles. The smallest absolute Gasteiger partial charge is 0.193 e. The van der Waals surface area contributed by atoms with Crippen molar-refractivity contribution in [1.82, 2.24) is 0 Å². The fourth-order valence-corrected chi connectivity index (χ4v) is 1.46. The number of carbonyl (C=O) groups excluding carboxylic acids is 1. The molecule has 0 heterocycles. The zero-order valence-corrected chi connectivity index (χ0v) is 10.9. The van der Waals surface area contributed by atoms with Crippen LogP contribution in [-0.2, 0) is 0 Å². The summed E-state index contributed by atoms with van der Waals surface area (Å²) >= 11 is 0. The summed E-state index contributed by atoms with van der Waals surface area (Å²) in [5.41, 5.74) is 2.65. The summed E-state index contributed by atoms with van der Waals surface area (Å²) in [6.45, 7) is 2.01. The van der Waals surface area contributed by atoms with Crippen LogP contribution in [0.3, 0.4) is 0 Å². The van der Waals surface area contributed by atoms with Gasteiger partial charge in [-0.15, -0.1) is 0 Å². The van der Waals surface area contributed by atoms with E-state index in [0.29, 0.717) is 0 Å². The van der Waals surface area contributed by atoms with Gasteiger partial charge < -0.3 is 24.8 Å². The van der Waals surface area contributed by atoms with Crippen LogP contribution in [0, 0.1) is 6.92 Å². The number of hydrogen-bond acceptors (Lipinski definition) is 1. The Balaban J connectivity index is 0.00000128. The predicted octanol–water partition coefficient (Wildman–Crippen LogP) is -2.77. The molecule has 17 heavy (non-hydrogen) atoms. The first-order valence-electron chi connectivity index (χ1n) is 4.94. The molecule has 0 radical (unpaired) electrons. The fourth-order valence-electron chi connectivity index (χ4n) is 1.46. The van der Waals surface area contributed by atoms with Gasteiger partial charge in [-0.3, -0.25) is 4.79 Å². The second kappa shape index (κ2) is 7.10. The molecule has 0 amide bonds. The van der Waals surface area contributed by atoms with Gasteiger partial charge in [-0.2, -0.15) is 0 Å². The molecule has 2 aromatic rings. The predicted molar refractivity (Wildman–Crippen MR) is 61.1 cm³/mol. The van der Waals surface area contributed by atoms with Crippen LogP contribution in [0.15, 0.2) is 54.6 Å². The van der Waals surface area contributed by atoms with E-state index in [9.17, 15) is 4.79 Å². The molecule has 0 N–H and O–H groups in total. The van der Waals surface area contributed by atoms with Crippen LogP contribution in [0.25, 0.3) is 0 Å². The lowest BCUT2D eigenvalue weighted by Crippen LogP contribution is -3.00. The molecule has 0 spiro atoms. The molecule has 0 aliphatic carbocycles. The molecule has 1 nitrogen and oxygen atoms in total. The van der Waals surface area contributed by atoms with Crippen LogP contribution in [0.5, 0.6) is 0 Å². The van der Waals surface area contributed by atoms with Crippen LogP contribution < -0.4 is 24.8 Å². The number of ketones is 1. The van der Waals surface area contributed by atoms with Gasteiger partial charge in [-0.05, 0) is 6.92 Å². The van der Waals surface area contributed by atoms with Gasteiger partial charge in [0, 0.05) is 11.1 Å².